The highest BCUT2D eigenvalue weighted by molar-refractivity contribution is 5.81. The molecule has 30 heavy (non-hydrogen) atoms. The van der Waals surface area contributed by atoms with Crippen LogP contribution in [0.4, 0.5) is 5.95 Å². The largest absolute Gasteiger partial charge is 0.461 e. The molecule has 9 heteroatoms. The van der Waals surface area contributed by atoms with Gasteiger partial charge in [-0.3, -0.25) is 14.5 Å². The number of anilines is 1. The van der Waals surface area contributed by atoms with Gasteiger partial charge in [-0.15, -0.1) is 0 Å². The Kier molecular flexibility index (Phi) is 6.19. The molecule has 1 aromatic heterocycles. The second kappa shape index (κ2) is 8.85. The SMILES string of the molecule is CN(C)CC1CC2(CCN(C(=O)CN3CCN(c4ncccn4)CC3)CC2)C(=O)O1. The molecule has 4 rings (SSSR count). The Hall–Kier alpha value is -2.26. The van der Waals surface area contributed by atoms with Crippen molar-refractivity contribution in [3.8, 4) is 0 Å². The van der Waals surface area contributed by atoms with Crippen LogP contribution in [0, 0.1) is 5.41 Å². The summed E-state index contributed by atoms with van der Waals surface area (Å²) in [5.41, 5.74) is -0.390. The van der Waals surface area contributed by atoms with E-state index < -0.39 is 5.41 Å². The highest BCUT2D eigenvalue weighted by atomic mass is 16.6. The Labute approximate surface area is 178 Å². The average molecular weight is 417 g/mol. The van der Waals surface area contributed by atoms with Crippen molar-refractivity contribution in [3.63, 3.8) is 0 Å². The maximum absolute atomic E-state index is 12.8. The molecule has 1 atom stereocenters. The number of cyclic esters (lactones) is 1. The van der Waals surface area contributed by atoms with Crippen LogP contribution in [-0.2, 0) is 14.3 Å². The summed E-state index contributed by atoms with van der Waals surface area (Å²) >= 11 is 0. The fourth-order valence-corrected chi connectivity index (χ4v) is 4.79. The highest BCUT2D eigenvalue weighted by Crippen LogP contribution is 2.43. The zero-order valence-electron chi connectivity index (χ0n) is 18.0. The Morgan fingerprint density at radius 1 is 1.13 bits per heavy atom. The molecule has 1 unspecified atom stereocenters. The van der Waals surface area contributed by atoms with Crippen molar-refractivity contribution in [2.24, 2.45) is 5.41 Å². The van der Waals surface area contributed by atoms with E-state index >= 15 is 0 Å². The van der Waals surface area contributed by atoms with Crippen LogP contribution in [0.5, 0.6) is 0 Å². The number of amides is 1. The van der Waals surface area contributed by atoms with Gasteiger partial charge in [-0.2, -0.15) is 0 Å². The first-order valence-electron chi connectivity index (χ1n) is 10.8. The lowest BCUT2D eigenvalue weighted by Gasteiger charge is -2.39. The summed E-state index contributed by atoms with van der Waals surface area (Å²) in [7, 11) is 3.99. The summed E-state index contributed by atoms with van der Waals surface area (Å²) in [5.74, 6) is 0.840. The number of nitrogens with zero attached hydrogens (tertiary/aromatic N) is 6. The molecule has 3 fully saturated rings. The van der Waals surface area contributed by atoms with Gasteiger partial charge >= 0.3 is 5.97 Å². The van der Waals surface area contributed by atoms with Crippen LogP contribution < -0.4 is 4.90 Å². The number of carbonyl (C=O) groups is 2. The van der Waals surface area contributed by atoms with E-state index in [0.29, 0.717) is 32.5 Å². The third kappa shape index (κ3) is 4.57. The number of rotatable bonds is 5. The van der Waals surface area contributed by atoms with Crippen molar-refractivity contribution in [1.29, 1.82) is 0 Å². The Balaban J connectivity index is 1.23. The number of carbonyl (C=O) groups excluding carboxylic acids is 2. The second-order valence-electron chi connectivity index (χ2n) is 8.97. The summed E-state index contributed by atoms with van der Waals surface area (Å²) in [5, 5.41) is 0. The summed E-state index contributed by atoms with van der Waals surface area (Å²) in [6.45, 7) is 5.75. The fraction of sp³-hybridized carbons (Fsp3) is 0.714. The first kappa shape index (κ1) is 21.0. The molecule has 0 aliphatic carbocycles. The van der Waals surface area contributed by atoms with Crippen molar-refractivity contribution in [2.45, 2.75) is 25.4 Å². The zero-order chi connectivity index (χ0) is 21.1. The molecule has 0 N–H and O–H groups in total. The van der Waals surface area contributed by atoms with Crippen LogP contribution in [0.2, 0.25) is 0 Å². The first-order valence-corrected chi connectivity index (χ1v) is 10.8. The van der Waals surface area contributed by atoms with Gasteiger partial charge in [0.2, 0.25) is 11.9 Å². The van der Waals surface area contributed by atoms with Crippen LogP contribution >= 0.6 is 0 Å². The van der Waals surface area contributed by atoms with Crippen molar-refractivity contribution >= 4 is 17.8 Å². The normalized spacial score (nSPS) is 24.5. The molecule has 0 radical (unpaired) electrons. The van der Waals surface area contributed by atoms with Crippen LogP contribution in [0.3, 0.4) is 0 Å². The maximum atomic E-state index is 12.8. The molecule has 3 aliphatic heterocycles. The number of likely N-dealkylation sites (N-methyl/N-ethyl adjacent to an activating group) is 1. The average Bonchev–Trinajstić information content (AvgIpc) is 3.03. The quantitative estimate of drug-likeness (QED) is 0.625. The molecule has 1 spiro atoms. The number of likely N-dealkylation sites (tertiary alicyclic amines) is 1. The third-order valence-corrected chi connectivity index (χ3v) is 6.53. The highest BCUT2D eigenvalue weighted by Gasteiger charge is 2.50. The van der Waals surface area contributed by atoms with Crippen molar-refractivity contribution < 1.29 is 14.3 Å². The number of esters is 1. The minimum atomic E-state index is -0.390. The van der Waals surface area contributed by atoms with Gasteiger partial charge in [0.15, 0.2) is 0 Å². The van der Waals surface area contributed by atoms with Gasteiger partial charge in [0.05, 0.1) is 12.0 Å². The second-order valence-corrected chi connectivity index (χ2v) is 8.97. The van der Waals surface area contributed by atoms with E-state index in [9.17, 15) is 9.59 Å². The van der Waals surface area contributed by atoms with Gasteiger partial charge in [-0.1, -0.05) is 0 Å². The van der Waals surface area contributed by atoms with Crippen molar-refractivity contribution in [2.75, 3.05) is 71.4 Å². The van der Waals surface area contributed by atoms with Gasteiger partial charge in [0.25, 0.3) is 0 Å². The molecule has 3 aliphatic rings. The number of hydrogen-bond acceptors (Lipinski definition) is 8. The van der Waals surface area contributed by atoms with Crippen molar-refractivity contribution in [3.05, 3.63) is 18.5 Å². The molecular formula is C21H32N6O3. The van der Waals surface area contributed by atoms with E-state index in [2.05, 4.69) is 24.7 Å². The number of piperidine rings is 1. The lowest BCUT2D eigenvalue weighted by molar-refractivity contribution is -0.153. The number of hydrogen-bond donors (Lipinski definition) is 0. The Bertz CT molecular complexity index is 742. The van der Waals surface area contributed by atoms with Crippen LogP contribution in [0.15, 0.2) is 18.5 Å². The molecule has 9 nitrogen and oxygen atoms in total. The molecular weight excluding hydrogens is 384 g/mol. The summed E-state index contributed by atoms with van der Waals surface area (Å²) < 4.78 is 5.62. The maximum Gasteiger partial charge on any atom is 0.312 e. The van der Waals surface area contributed by atoms with Gasteiger partial charge < -0.3 is 19.4 Å². The predicted octanol–water partition coefficient (Wildman–Crippen LogP) is 0.0845. The van der Waals surface area contributed by atoms with Crippen LogP contribution in [0.25, 0.3) is 0 Å². The Morgan fingerprint density at radius 2 is 1.80 bits per heavy atom. The molecule has 1 aromatic rings. The lowest BCUT2D eigenvalue weighted by atomic mass is 9.76. The van der Waals surface area contributed by atoms with E-state index in [-0.39, 0.29) is 18.0 Å². The zero-order valence-corrected chi connectivity index (χ0v) is 18.0. The van der Waals surface area contributed by atoms with Gasteiger partial charge in [-0.25, -0.2) is 9.97 Å². The van der Waals surface area contributed by atoms with E-state index in [4.69, 9.17) is 4.74 Å². The number of ether oxygens (including phenoxy) is 1. The topological polar surface area (TPSA) is 82.1 Å². The summed E-state index contributed by atoms with van der Waals surface area (Å²) in [4.78, 5) is 42.3. The first-order chi connectivity index (χ1) is 14.4. The van der Waals surface area contributed by atoms with Gasteiger partial charge in [0.1, 0.15) is 6.10 Å². The molecule has 164 valence electrons. The number of piperazine rings is 1. The van der Waals surface area contributed by atoms with E-state index in [1.807, 2.05) is 25.1 Å². The molecule has 3 saturated heterocycles. The van der Waals surface area contributed by atoms with Crippen LogP contribution in [0.1, 0.15) is 19.3 Å². The minimum absolute atomic E-state index is 0.0281. The van der Waals surface area contributed by atoms with Gasteiger partial charge in [-0.05, 0) is 33.0 Å². The van der Waals surface area contributed by atoms with E-state index in [1.165, 1.54) is 0 Å². The fourth-order valence-electron chi connectivity index (χ4n) is 4.79. The monoisotopic (exact) mass is 416 g/mol. The molecule has 4 heterocycles. The summed E-state index contributed by atoms with van der Waals surface area (Å²) in [6.07, 6.45) is 5.67. The van der Waals surface area contributed by atoms with E-state index in [1.54, 1.807) is 12.4 Å². The third-order valence-electron chi connectivity index (χ3n) is 6.53. The minimum Gasteiger partial charge on any atom is -0.461 e. The van der Waals surface area contributed by atoms with Gasteiger partial charge in [0, 0.05) is 64.6 Å². The number of aromatic nitrogens is 2. The standard InChI is InChI=1S/C21H32N6O3/c1-24(2)15-17-14-21(19(29)30-17)4-8-26(9-5-21)18(28)16-25-10-12-27(13-11-25)20-22-6-3-7-23-20/h3,6-7,17H,4-5,8-16H2,1-2H3. The Morgan fingerprint density at radius 3 is 2.43 bits per heavy atom. The van der Waals surface area contributed by atoms with Crippen molar-refractivity contribution in [1.82, 2.24) is 24.7 Å². The molecule has 0 aromatic carbocycles. The smallest absolute Gasteiger partial charge is 0.312 e. The molecule has 0 bridgehead atoms. The molecule has 0 saturated carbocycles. The predicted molar refractivity (Wildman–Crippen MR) is 112 cm³/mol. The lowest BCUT2D eigenvalue weighted by Crippen LogP contribution is -2.52. The van der Waals surface area contributed by atoms with E-state index in [0.717, 1.165) is 45.1 Å². The summed E-state index contributed by atoms with van der Waals surface area (Å²) in [6, 6.07) is 1.81. The van der Waals surface area contributed by atoms with Crippen LogP contribution in [-0.4, -0.2) is 109 Å². The molecule has 1 amide bonds.